The summed E-state index contributed by atoms with van der Waals surface area (Å²) in [6.45, 7) is 5.02. The van der Waals surface area contributed by atoms with Gasteiger partial charge in [-0.05, 0) is 63.1 Å². The Labute approximate surface area is 222 Å². The molecule has 2 unspecified atom stereocenters. The standard InChI is InChI=1S/C23H28N3O12P/c1-15(20(21(27)28)24-22(29)37-23(2,3)4)38-39(34,35-13-16-5-9-18(10-6-16)25(30)31)36-14-17-7-11-19(12-8-17)26(32)33/h5-12,15,20H,13-14H2,1-4H3,(H,24,29)(H,27,28)/p-1. The average molecular weight is 568 g/mol. The Hall–Kier alpha value is -3.91. The Morgan fingerprint density at radius 3 is 1.64 bits per heavy atom. The Kier molecular flexibility index (Phi) is 10.6. The molecule has 0 heterocycles. The van der Waals surface area contributed by atoms with Crippen LogP contribution in [0.25, 0.3) is 0 Å². The third kappa shape index (κ3) is 10.4. The Bertz CT molecular complexity index is 1160. The van der Waals surface area contributed by atoms with Crippen LogP contribution >= 0.6 is 7.82 Å². The zero-order chi connectivity index (χ0) is 29.4. The molecule has 0 aromatic heterocycles. The summed E-state index contributed by atoms with van der Waals surface area (Å²) in [6, 6.07) is 8.32. The smallest absolute Gasteiger partial charge is 0.475 e. The van der Waals surface area contributed by atoms with E-state index in [4.69, 9.17) is 18.3 Å². The number of hydrogen-bond acceptors (Lipinski definition) is 12. The number of aliphatic carboxylic acids is 1. The predicted molar refractivity (Wildman–Crippen MR) is 132 cm³/mol. The van der Waals surface area contributed by atoms with Crippen molar-refractivity contribution in [1.82, 2.24) is 5.32 Å². The summed E-state index contributed by atoms with van der Waals surface area (Å²) in [5, 5.41) is 35.5. The van der Waals surface area contributed by atoms with E-state index in [0.29, 0.717) is 11.1 Å². The number of phosphoric ester groups is 1. The molecular weight excluding hydrogens is 541 g/mol. The zero-order valence-electron chi connectivity index (χ0n) is 21.4. The molecule has 0 aliphatic heterocycles. The second-order valence-electron chi connectivity index (χ2n) is 9.09. The predicted octanol–water partition coefficient (Wildman–Crippen LogP) is 3.39. The van der Waals surface area contributed by atoms with Crippen LogP contribution in [0.4, 0.5) is 16.2 Å². The molecule has 39 heavy (non-hydrogen) atoms. The van der Waals surface area contributed by atoms with Crippen LogP contribution in [0.1, 0.15) is 38.8 Å². The van der Waals surface area contributed by atoms with E-state index < -0.39 is 60.7 Å². The summed E-state index contributed by atoms with van der Waals surface area (Å²) in [7, 11) is -4.60. The monoisotopic (exact) mass is 568 g/mol. The third-order valence-electron chi connectivity index (χ3n) is 4.76. The second-order valence-corrected chi connectivity index (χ2v) is 10.7. The molecule has 1 amide bonds. The number of hydrogen-bond donors (Lipinski definition) is 1. The van der Waals surface area contributed by atoms with Gasteiger partial charge in [0.1, 0.15) is 5.60 Å². The van der Waals surface area contributed by atoms with Crippen molar-refractivity contribution in [2.75, 3.05) is 0 Å². The van der Waals surface area contributed by atoms with E-state index in [1.165, 1.54) is 55.5 Å². The molecule has 0 spiro atoms. The number of carbonyl (C=O) groups excluding carboxylic acids is 2. The molecule has 2 atom stereocenters. The van der Waals surface area contributed by atoms with Gasteiger partial charge in [-0.25, -0.2) is 9.36 Å². The number of nitrogens with zero attached hydrogens (tertiary/aromatic N) is 2. The number of amides is 1. The van der Waals surface area contributed by atoms with Crippen molar-refractivity contribution in [3.8, 4) is 0 Å². The van der Waals surface area contributed by atoms with Crippen LogP contribution in [-0.2, 0) is 40.9 Å². The van der Waals surface area contributed by atoms with Crippen LogP contribution in [-0.4, -0.2) is 39.7 Å². The molecule has 2 rings (SSSR count). The van der Waals surface area contributed by atoms with E-state index in [2.05, 4.69) is 5.32 Å². The Balaban J connectivity index is 2.22. The van der Waals surface area contributed by atoms with Crippen molar-refractivity contribution in [2.45, 2.75) is 58.7 Å². The molecule has 1 N–H and O–H groups in total. The molecule has 2 aromatic rings. The van der Waals surface area contributed by atoms with E-state index in [0.717, 1.165) is 0 Å². The average Bonchev–Trinajstić information content (AvgIpc) is 2.84. The number of carboxylic acids is 1. The summed E-state index contributed by atoms with van der Waals surface area (Å²) in [5.41, 5.74) is -0.627. The highest BCUT2D eigenvalue weighted by molar-refractivity contribution is 7.48. The molecule has 16 heteroatoms. The number of rotatable bonds is 13. The highest BCUT2D eigenvalue weighted by Gasteiger charge is 2.35. The number of benzene rings is 2. The lowest BCUT2D eigenvalue weighted by Crippen LogP contribution is -2.54. The maximum Gasteiger partial charge on any atom is 0.475 e. The number of nitro benzene ring substituents is 2. The summed E-state index contributed by atoms with van der Waals surface area (Å²) >= 11 is 0. The van der Waals surface area contributed by atoms with Gasteiger partial charge in [-0.1, -0.05) is 0 Å². The van der Waals surface area contributed by atoms with Gasteiger partial charge in [0.2, 0.25) is 0 Å². The van der Waals surface area contributed by atoms with Gasteiger partial charge in [0, 0.05) is 24.3 Å². The highest BCUT2D eigenvalue weighted by atomic mass is 31.2. The normalized spacial score (nSPS) is 13.2. The first-order chi connectivity index (χ1) is 18.1. The van der Waals surface area contributed by atoms with Crippen molar-refractivity contribution in [3.05, 3.63) is 79.9 Å². The number of carboxylic acid groups (broad SMARTS) is 1. The van der Waals surface area contributed by atoms with Crippen LogP contribution in [0.3, 0.4) is 0 Å². The molecule has 0 saturated heterocycles. The van der Waals surface area contributed by atoms with Crippen LogP contribution in [0.5, 0.6) is 0 Å². The number of carbonyl (C=O) groups is 2. The van der Waals surface area contributed by atoms with E-state index in [1.807, 2.05) is 0 Å². The molecule has 0 fully saturated rings. The van der Waals surface area contributed by atoms with E-state index in [-0.39, 0.29) is 11.4 Å². The van der Waals surface area contributed by atoms with Crippen molar-refractivity contribution in [2.24, 2.45) is 0 Å². The van der Waals surface area contributed by atoms with Crippen LogP contribution < -0.4 is 10.4 Å². The molecule has 2 aromatic carbocycles. The van der Waals surface area contributed by atoms with E-state index >= 15 is 0 Å². The summed E-state index contributed by atoms with van der Waals surface area (Å²) in [6.07, 6.45) is -2.62. The number of ether oxygens (including phenoxy) is 1. The summed E-state index contributed by atoms with van der Waals surface area (Å²) in [5.74, 6) is -1.77. The quantitative estimate of drug-likeness (QED) is 0.209. The first-order valence-electron chi connectivity index (χ1n) is 11.3. The lowest BCUT2D eigenvalue weighted by Gasteiger charge is -2.29. The summed E-state index contributed by atoms with van der Waals surface area (Å²) in [4.78, 5) is 44.3. The van der Waals surface area contributed by atoms with Gasteiger partial charge in [-0.2, -0.15) is 0 Å². The van der Waals surface area contributed by atoms with Gasteiger partial charge >= 0.3 is 13.9 Å². The third-order valence-corrected chi connectivity index (χ3v) is 6.25. The molecule has 212 valence electrons. The van der Waals surface area contributed by atoms with Crippen LogP contribution in [0.2, 0.25) is 0 Å². The Morgan fingerprint density at radius 1 is 0.897 bits per heavy atom. The maximum atomic E-state index is 13.5. The van der Waals surface area contributed by atoms with Gasteiger partial charge in [0.15, 0.2) is 0 Å². The van der Waals surface area contributed by atoms with Crippen LogP contribution in [0, 0.1) is 20.2 Å². The minimum Gasteiger partial charge on any atom is -0.548 e. The largest absolute Gasteiger partial charge is 0.548 e. The van der Waals surface area contributed by atoms with Gasteiger partial charge < -0.3 is 20.0 Å². The van der Waals surface area contributed by atoms with Gasteiger partial charge in [-0.15, -0.1) is 0 Å². The second kappa shape index (κ2) is 13.2. The fourth-order valence-corrected chi connectivity index (χ4v) is 4.24. The SMILES string of the molecule is CC(OP(=O)(OCc1ccc([N+](=O)[O-])cc1)OCc1ccc([N+](=O)[O-])cc1)C(NC(=O)OC(C)(C)C)C(=O)[O-]. The number of nitrogens with one attached hydrogen (secondary N) is 1. The maximum absolute atomic E-state index is 13.5. The fourth-order valence-electron chi connectivity index (χ4n) is 2.90. The number of alkyl carbamates (subject to hydrolysis) is 1. The molecule has 0 bridgehead atoms. The number of phosphoric acid groups is 1. The molecule has 0 aliphatic rings. The molecule has 0 radical (unpaired) electrons. The van der Waals surface area contributed by atoms with Crippen molar-refractivity contribution >= 4 is 31.3 Å². The lowest BCUT2D eigenvalue weighted by molar-refractivity contribution is -0.385. The summed E-state index contributed by atoms with van der Waals surface area (Å²) < 4.78 is 34.6. The first kappa shape index (κ1) is 31.3. The number of nitro groups is 2. The minimum absolute atomic E-state index is 0.189. The highest BCUT2D eigenvalue weighted by Crippen LogP contribution is 2.52. The van der Waals surface area contributed by atoms with Gasteiger partial charge in [0.25, 0.3) is 11.4 Å². The fraction of sp³-hybridized carbons (Fsp3) is 0.391. The van der Waals surface area contributed by atoms with Crippen molar-refractivity contribution in [1.29, 1.82) is 0 Å². The van der Waals surface area contributed by atoms with Gasteiger partial charge in [-0.3, -0.25) is 33.8 Å². The molecule has 15 nitrogen and oxygen atoms in total. The molecule has 0 saturated carbocycles. The number of non-ortho nitro benzene ring substituents is 2. The van der Waals surface area contributed by atoms with Crippen LogP contribution in [0.15, 0.2) is 48.5 Å². The Morgan fingerprint density at radius 2 is 1.31 bits per heavy atom. The van der Waals surface area contributed by atoms with Gasteiger partial charge in [0.05, 0.1) is 41.2 Å². The van der Waals surface area contributed by atoms with Crippen molar-refractivity contribution in [3.63, 3.8) is 0 Å². The zero-order valence-corrected chi connectivity index (χ0v) is 22.3. The first-order valence-corrected chi connectivity index (χ1v) is 12.8. The molecular formula is C23H27N3O12P-. The topological polar surface area (TPSA) is 210 Å². The molecule has 0 aliphatic carbocycles. The lowest BCUT2D eigenvalue weighted by atomic mass is 10.2. The van der Waals surface area contributed by atoms with E-state index in [1.54, 1.807) is 20.8 Å². The minimum atomic E-state index is -4.60. The van der Waals surface area contributed by atoms with Crippen molar-refractivity contribution < 1.29 is 47.4 Å². The van der Waals surface area contributed by atoms with E-state index in [9.17, 15) is 39.5 Å².